The highest BCUT2D eigenvalue weighted by molar-refractivity contribution is 5.93. The van der Waals surface area contributed by atoms with Gasteiger partial charge >= 0.3 is 5.97 Å². The molecule has 4 nitrogen and oxygen atoms in total. The third-order valence-corrected chi connectivity index (χ3v) is 3.24. The van der Waals surface area contributed by atoms with Gasteiger partial charge in [-0.25, -0.2) is 0 Å². The summed E-state index contributed by atoms with van der Waals surface area (Å²) in [5.41, 5.74) is 0. The maximum Gasteiger partial charge on any atom is 0.312 e. The fraction of sp³-hybridized carbons (Fsp3) is 0.800. The third-order valence-electron chi connectivity index (χ3n) is 3.24. The van der Waals surface area contributed by atoms with E-state index in [0.29, 0.717) is 5.92 Å². The Labute approximate surface area is 82.7 Å². The van der Waals surface area contributed by atoms with Crippen molar-refractivity contribution in [2.24, 2.45) is 11.8 Å². The molecule has 0 spiro atoms. The number of amides is 1. The van der Waals surface area contributed by atoms with E-state index in [2.05, 4.69) is 5.32 Å². The summed E-state index contributed by atoms with van der Waals surface area (Å²) >= 11 is 0. The van der Waals surface area contributed by atoms with Crippen molar-refractivity contribution in [3.63, 3.8) is 0 Å². The first-order valence-electron chi connectivity index (χ1n) is 5.18. The first-order valence-corrected chi connectivity index (χ1v) is 5.18. The van der Waals surface area contributed by atoms with Crippen molar-refractivity contribution in [3.05, 3.63) is 0 Å². The predicted octanol–water partition coefficient (Wildman–Crippen LogP) is 0.766. The highest BCUT2D eigenvalue weighted by Gasteiger charge is 2.45. The summed E-state index contributed by atoms with van der Waals surface area (Å²) in [7, 11) is 0. The van der Waals surface area contributed by atoms with Crippen molar-refractivity contribution >= 4 is 11.9 Å². The minimum Gasteiger partial charge on any atom is -0.481 e. The summed E-state index contributed by atoms with van der Waals surface area (Å²) in [6.45, 7) is 0. The molecule has 0 aromatic carbocycles. The molecule has 1 amide bonds. The van der Waals surface area contributed by atoms with Gasteiger partial charge in [-0.1, -0.05) is 12.8 Å². The van der Waals surface area contributed by atoms with Crippen LogP contribution in [-0.2, 0) is 9.59 Å². The van der Waals surface area contributed by atoms with Crippen molar-refractivity contribution < 1.29 is 14.7 Å². The van der Waals surface area contributed by atoms with Gasteiger partial charge in [0.2, 0.25) is 5.91 Å². The van der Waals surface area contributed by atoms with Gasteiger partial charge in [-0.2, -0.15) is 0 Å². The molecule has 3 atom stereocenters. The fourth-order valence-corrected chi connectivity index (χ4v) is 2.48. The highest BCUT2D eigenvalue weighted by Crippen LogP contribution is 2.49. The largest absolute Gasteiger partial charge is 0.481 e. The molecule has 2 saturated carbocycles. The van der Waals surface area contributed by atoms with Crippen LogP contribution >= 0.6 is 0 Å². The van der Waals surface area contributed by atoms with Crippen LogP contribution in [0.5, 0.6) is 0 Å². The molecule has 0 saturated heterocycles. The molecule has 0 aromatic rings. The van der Waals surface area contributed by atoms with E-state index >= 15 is 0 Å². The van der Waals surface area contributed by atoms with Crippen LogP contribution in [-0.4, -0.2) is 23.0 Å². The van der Waals surface area contributed by atoms with Gasteiger partial charge in [-0.05, 0) is 24.7 Å². The molecule has 2 aliphatic carbocycles. The number of carboxylic acids is 1. The van der Waals surface area contributed by atoms with Crippen LogP contribution in [0, 0.1) is 11.8 Å². The normalized spacial score (nSPS) is 34.4. The number of rotatable bonds is 3. The van der Waals surface area contributed by atoms with Crippen LogP contribution in [0.3, 0.4) is 0 Å². The SMILES string of the molecule is O=C(O)CC(=O)NC1CCCC2CC21. The molecular weight excluding hydrogens is 182 g/mol. The Kier molecular flexibility index (Phi) is 2.44. The monoisotopic (exact) mass is 197 g/mol. The number of carbonyl (C=O) groups excluding carboxylic acids is 1. The molecule has 0 aliphatic heterocycles. The predicted molar refractivity (Wildman–Crippen MR) is 49.6 cm³/mol. The quantitative estimate of drug-likeness (QED) is 0.656. The minimum absolute atomic E-state index is 0.251. The molecule has 14 heavy (non-hydrogen) atoms. The number of aliphatic carboxylic acids is 1. The van der Waals surface area contributed by atoms with Crippen molar-refractivity contribution in [3.8, 4) is 0 Å². The first-order chi connectivity index (χ1) is 6.66. The number of carboxylic acid groups (broad SMARTS) is 1. The number of hydrogen-bond donors (Lipinski definition) is 2. The number of carbonyl (C=O) groups is 2. The van der Waals surface area contributed by atoms with Gasteiger partial charge in [-0.15, -0.1) is 0 Å². The molecule has 0 aromatic heterocycles. The van der Waals surface area contributed by atoms with E-state index in [1.54, 1.807) is 0 Å². The van der Waals surface area contributed by atoms with E-state index in [1.807, 2.05) is 0 Å². The molecule has 0 heterocycles. The molecular formula is C10H15NO3. The Balaban J connectivity index is 1.79. The molecule has 2 fully saturated rings. The van der Waals surface area contributed by atoms with Crippen molar-refractivity contribution in [2.75, 3.05) is 0 Å². The van der Waals surface area contributed by atoms with E-state index in [1.165, 1.54) is 19.3 Å². The second-order valence-corrected chi connectivity index (χ2v) is 4.34. The first kappa shape index (κ1) is 9.49. The summed E-state index contributed by atoms with van der Waals surface area (Å²) in [6, 6.07) is 0.251. The Morgan fingerprint density at radius 1 is 1.36 bits per heavy atom. The molecule has 2 N–H and O–H groups in total. The third kappa shape index (κ3) is 2.05. The van der Waals surface area contributed by atoms with Crippen LogP contribution in [0.4, 0.5) is 0 Å². The van der Waals surface area contributed by atoms with Crippen LogP contribution in [0.2, 0.25) is 0 Å². The van der Waals surface area contributed by atoms with Crippen LogP contribution in [0.25, 0.3) is 0 Å². The minimum atomic E-state index is -1.05. The van der Waals surface area contributed by atoms with E-state index in [4.69, 9.17) is 5.11 Å². The van der Waals surface area contributed by atoms with E-state index in [9.17, 15) is 9.59 Å². The van der Waals surface area contributed by atoms with Crippen LogP contribution < -0.4 is 5.32 Å². The fourth-order valence-electron chi connectivity index (χ4n) is 2.48. The summed E-state index contributed by atoms with van der Waals surface area (Å²) < 4.78 is 0. The van der Waals surface area contributed by atoms with E-state index < -0.39 is 12.4 Å². The lowest BCUT2D eigenvalue weighted by molar-refractivity contribution is -0.140. The lowest BCUT2D eigenvalue weighted by Gasteiger charge is -2.22. The van der Waals surface area contributed by atoms with Gasteiger partial charge in [0.15, 0.2) is 0 Å². The maximum atomic E-state index is 11.2. The smallest absolute Gasteiger partial charge is 0.312 e. The molecule has 0 radical (unpaired) electrons. The van der Waals surface area contributed by atoms with Gasteiger partial charge < -0.3 is 10.4 Å². The number of hydrogen-bond acceptors (Lipinski definition) is 2. The zero-order chi connectivity index (χ0) is 10.1. The molecule has 78 valence electrons. The molecule has 0 bridgehead atoms. The van der Waals surface area contributed by atoms with Crippen molar-refractivity contribution in [1.29, 1.82) is 0 Å². The van der Waals surface area contributed by atoms with Crippen LogP contribution in [0.15, 0.2) is 0 Å². The van der Waals surface area contributed by atoms with Gasteiger partial charge in [-0.3, -0.25) is 9.59 Å². The molecule has 2 rings (SSSR count). The Hall–Kier alpha value is -1.06. The van der Waals surface area contributed by atoms with Gasteiger partial charge in [0.1, 0.15) is 6.42 Å². The van der Waals surface area contributed by atoms with E-state index in [0.717, 1.165) is 12.3 Å². The summed E-state index contributed by atoms with van der Waals surface area (Å²) in [5.74, 6) is 0.0566. The molecule has 2 aliphatic rings. The lowest BCUT2D eigenvalue weighted by Crippen LogP contribution is -2.39. The summed E-state index contributed by atoms with van der Waals surface area (Å²) in [6.07, 6.45) is 4.30. The Bertz CT molecular complexity index is 264. The van der Waals surface area contributed by atoms with Gasteiger partial charge in [0.25, 0.3) is 0 Å². The number of fused-ring (bicyclic) bond motifs is 1. The topological polar surface area (TPSA) is 66.4 Å². The lowest BCUT2D eigenvalue weighted by atomic mass is 9.95. The zero-order valence-corrected chi connectivity index (χ0v) is 8.03. The highest BCUT2D eigenvalue weighted by atomic mass is 16.4. The summed E-state index contributed by atoms with van der Waals surface area (Å²) in [4.78, 5) is 21.5. The molecule has 4 heteroatoms. The van der Waals surface area contributed by atoms with Crippen LogP contribution in [0.1, 0.15) is 32.1 Å². The molecule has 3 unspecified atom stereocenters. The van der Waals surface area contributed by atoms with E-state index in [-0.39, 0.29) is 11.9 Å². The summed E-state index contributed by atoms with van der Waals surface area (Å²) in [5, 5.41) is 11.3. The second kappa shape index (κ2) is 3.59. The van der Waals surface area contributed by atoms with Gasteiger partial charge in [0.05, 0.1) is 0 Å². The standard InChI is InChI=1S/C10H15NO3/c12-9(5-10(13)14)11-8-3-1-2-6-4-7(6)8/h6-8H,1-5H2,(H,11,12)(H,13,14). The zero-order valence-electron chi connectivity index (χ0n) is 8.03. The Morgan fingerprint density at radius 2 is 2.14 bits per heavy atom. The van der Waals surface area contributed by atoms with Gasteiger partial charge in [0, 0.05) is 6.04 Å². The average molecular weight is 197 g/mol. The second-order valence-electron chi connectivity index (χ2n) is 4.34. The average Bonchev–Trinajstić information content (AvgIpc) is 2.81. The Morgan fingerprint density at radius 3 is 2.86 bits per heavy atom. The maximum absolute atomic E-state index is 11.2. The van der Waals surface area contributed by atoms with Crippen molar-refractivity contribution in [1.82, 2.24) is 5.32 Å². The number of nitrogens with one attached hydrogen (secondary N) is 1. The van der Waals surface area contributed by atoms with Crippen molar-refractivity contribution in [2.45, 2.75) is 38.1 Å².